The van der Waals surface area contributed by atoms with Gasteiger partial charge in [-0.05, 0) is 24.6 Å². The van der Waals surface area contributed by atoms with Crippen molar-refractivity contribution in [2.75, 3.05) is 18.5 Å². The summed E-state index contributed by atoms with van der Waals surface area (Å²) in [5.74, 6) is 0. The lowest BCUT2D eigenvalue weighted by molar-refractivity contribution is 0.637. The summed E-state index contributed by atoms with van der Waals surface area (Å²) in [5, 5.41) is 4.58. The first kappa shape index (κ1) is 18.8. The number of hydrogen-bond donors (Lipinski definition) is 0. The van der Waals surface area contributed by atoms with Gasteiger partial charge in [-0.15, -0.1) is 0 Å². The molecule has 0 saturated heterocycles. The zero-order chi connectivity index (χ0) is 18.7. The summed E-state index contributed by atoms with van der Waals surface area (Å²) in [7, 11) is 1.97. The number of anilines is 1. The Morgan fingerprint density at radius 2 is 2.00 bits per heavy atom. The molecule has 0 fully saturated rings. The third-order valence-electron chi connectivity index (χ3n) is 3.93. The summed E-state index contributed by atoms with van der Waals surface area (Å²) in [6, 6.07) is 5.31. The summed E-state index contributed by atoms with van der Waals surface area (Å²) < 4.78 is 3.20. The molecule has 0 bridgehead atoms. The Bertz CT molecular complexity index is 956. The van der Waals surface area contributed by atoms with Crippen LogP contribution in [0.5, 0.6) is 0 Å². The predicted molar refractivity (Wildman–Crippen MR) is 105 cm³/mol. The van der Waals surface area contributed by atoms with Crippen LogP contribution in [-0.2, 0) is 6.54 Å². The molecule has 2 aromatic heterocycles. The van der Waals surface area contributed by atoms with E-state index >= 15 is 0 Å². The molecule has 9 heteroatoms. The van der Waals surface area contributed by atoms with Crippen LogP contribution in [0.2, 0.25) is 15.1 Å². The first-order valence-electron chi connectivity index (χ1n) is 7.87. The maximum atomic E-state index is 12.2. The highest BCUT2D eigenvalue weighted by Crippen LogP contribution is 2.27. The predicted octanol–water partition coefficient (Wildman–Crippen LogP) is 3.92. The van der Waals surface area contributed by atoms with Crippen molar-refractivity contribution in [2.45, 2.75) is 13.0 Å². The smallest absolute Gasteiger partial charge is 0.291 e. The number of benzene rings is 1. The van der Waals surface area contributed by atoms with Gasteiger partial charge in [0.05, 0.1) is 33.9 Å². The van der Waals surface area contributed by atoms with E-state index in [1.165, 1.54) is 10.9 Å². The number of aromatic nitrogens is 4. The van der Waals surface area contributed by atoms with E-state index in [1.54, 1.807) is 24.7 Å². The summed E-state index contributed by atoms with van der Waals surface area (Å²) in [5.41, 5.74) is 0.903. The lowest BCUT2D eigenvalue weighted by atomic mass is 10.2. The third kappa shape index (κ3) is 4.03. The first-order chi connectivity index (χ1) is 12.5. The highest BCUT2D eigenvalue weighted by Gasteiger charge is 2.12. The molecule has 0 aliphatic carbocycles. The monoisotopic (exact) mass is 411 g/mol. The molecule has 1 aromatic carbocycles. The molecule has 0 spiro atoms. The highest BCUT2D eigenvalue weighted by molar-refractivity contribution is 6.41. The molecule has 6 nitrogen and oxygen atoms in total. The molecule has 136 valence electrons. The van der Waals surface area contributed by atoms with E-state index < -0.39 is 5.56 Å². The van der Waals surface area contributed by atoms with Gasteiger partial charge in [0.15, 0.2) is 0 Å². The lowest BCUT2D eigenvalue weighted by Gasteiger charge is -2.21. The van der Waals surface area contributed by atoms with Gasteiger partial charge in [0.1, 0.15) is 5.02 Å². The van der Waals surface area contributed by atoms with E-state index in [4.69, 9.17) is 34.8 Å². The van der Waals surface area contributed by atoms with Gasteiger partial charge in [0.2, 0.25) is 0 Å². The van der Waals surface area contributed by atoms with Gasteiger partial charge in [-0.25, -0.2) is 4.98 Å². The van der Waals surface area contributed by atoms with E-state index in [0.29, 0.717) is 10.7 Å². The quantitative estimate of drug-likeness (QED) is 0.616. The number of rotatable bonds is 6. The van der Waals surface area contributed by atoms with Crippen LogP contribution >= 0.6 is 34.8 Å². The van der Waals surface area contributed by atoms with Gasteiger partial charge in [0.25, 0.3) is 5.56 Å². The molecule has 0 radical (unpaired) electrons. The van der Waals surface area contributed by atoms with Crippen LogP contribution in [0, 0.1) is 0 Å². The fraction of sp³-hybridized carbons (Fsp3) is 0.235. The second-order valence-corrected chi connectivity index (χ2v) is 6.93. The fourth-order valence-electron chi connectivity index (χ4n) is 2.56. The summed E-state index contributed by atoms with van der Waals surface area (Å²) >= 11 is 18.1. The normalized spacial score (nSPS) is 10.9. The van der Waals surface area contributed by atoms with E-state index in [-0.39, 0.29) is 10.0 Å². The largest absolute Gasteiger partial charge is 0.373 e. The summed E-state index contributed by atoms with van der Waals surface area (Å²) in [6.45, 7) is 1.70. The van der Waals surface area contributed by atoms with E-state index in [0.717, 1.165) is 25.2 Å². The van der Waals surface area contributed by atoms with E-state index in [9.17, 15) is 4.79 Å². The molecule has 0 amide bonds. The van der Waals surface area contributed by atoms with Gasteiger partial charge in [-0.1, -0.05) is 34.8 Å². The second-order valence-electron chi connectivity index (χ2n) is 5.73. The minimum absolute atomic E-state index is 0.0708. The van der Waals surface area contributed by atoms with Crippen LogP contribution < -0.4 is 10.5 Å². The number of nitrogens with zero attached hydrogens (tertiary/aromatic N) is 5. The standard InChI is InChI=1S/C17H16Cl3N5O/c1-23(6-2-7-24-8-5-21-11-24)15-4-3-12(9-13(15)18)25-17(26)16(20)14(19)10-22-25/h3-5,8-11H,2,6-7H2,1H3. The van der Waals surface area contributed by atoms with E-state index in [2.05, 4.69) is 15.0 Å². The molecule has 0 aliphatic heterocycles. The average Bonchev–Trinajstić information content (AvgIpc) is 3.13. The number of halogens is 3. The first-order valence-corrected chi connectivity index (χ1v) is 9.01. The minimum Gasteiger partial charge on any atom is -0.373 e. The Morgan fingerprint density at radius 3 is 2.69 bits per heavy atom. The van der Waals surface area contributed by atoms with Crippen molar-refractivity contribution in [2.24, 2.45) is 0 Å². The Kier molecular flexibility index (Phi) is 5.86. The van der Waals surface area contributed by atoms with Crippen molar-refractivity contribution >= 4 is 40.5 Å². The van der Waals surface area contributed by atoms with Crippen molar-refractivity contribution in [3.05, 3.63) is 68.5 Å². The highest BCUT2D eigenvalue weighted by atomic mass is 35.5. The van der Waals surface area contributed by atoms with Gasteiger partial charge >= 0.3 is 0 Å². The summed E-state index contributed by atoms with van der Waals surface area (Å²) in [4.78, 5) is 18.3. The lowest BCUT2D eigenvalue weighted by Crippen LogP contribution is -2.22. The number of hydrogen-bond acceptors (Lipinski definition) is 4. The van der Waals surface area contributed by atoms with Gasteiger partial charge in [0, 0.05) is 32.5 Å². The Balaban J connectivity index is 1.75. The van der Waals surface area contributed by atoms with Crippen molar-refractivity contribution in [1.29, 1.82) is 0 Å². The van der Waals surface area contributed by atoms with Crippen LogP contribution in [0.15, 0.2) is 47.9 Å². The molecule has 0 saturated carbocycles. The van der Waals surface area contributed by atoms with Crippen LogP contribution in [-0.4, -0.2) is 32.9 Å². The summed E-state index contributed by atoms with van der Waals surface area (Å²) in [6.07, 6.45) is 7.76. The third-order valence-corrected chi connectivity index (χ3v) is 4.98. The Labute approximate surface area is 165 Å². The maximum Gasteiger partial charge on any atom is 0.291 e. The molecule has 2 heterocycles. The molecular weight excluding hydrogens is 397 g/mol. The SMILES string of the molecule is CN(CCCn1ccnc1)c1ccc(-n2ncc(Cl)c(Cl)c2=O)cc1Cl. The zero-order valence-electron chi connectivity index (χ0n) is 13.9. The molecule has 3 rings (SSSR count). The molecule has 26 heavy (non-hydrogen) atoms. The number of aryl methyl sites for hydroxylation is 1. The van der Waals surface area contributed by atoms with Crippen molar-refractivity contribution in [3.8, 4) is 5.69 Å². The van der Waals surface area contributed by atoms with Crippen molar-refractivity contribution in [3.63, 3.8) is 0 Å². The topological polar surface area (TPSA) is 56.0 Å². The van der Waals surface area contributed by atoms with Crippen LogP contribution in [0.3, 0.4) is 0 Å². The van der Waals surface area contributed by atoms with E-state index in [1.807, 2.05) is 23.9 Å². The maximum absolute atomic E-state index is 12.2. The van der Waals surface area contributed by atoms with Crippen LogP contribution in [0.4, 0.5) is 5.69 Å². The molecule has 0 N–H and O–H groups in total. The van der Waals surface area contributed by atoms with Gasteiger partial charge in [-0.2, -0.15) is 9.78 Å². The average molecular weight is 413 g/mol. The molecule has 3 aromatic rings. The molecule has 0 aliphatic rings. The Hall–Kier alpha value is -2.02. The fourth-order valence-corrected chi connectivity index (χ4v) is 3.14. The van der Waals surface area contributed by atoms with Crippen LogP contribution in [0.1, 0.15) is 6.42 Å². The molecule has 0 unspecified atom stereocenters. The minimum atomic E-state index is -0.489. The molecule has 0 atom stereocenters. The van der Waals surface area contributed by atoms with Crippen molar-refractivity contribution in [1.82, 2.24) is 19.3 Å². The molecular formula is C17H16Cl3N5O. The van der Waals surface area contributed by atoms with Gasteiger partial charge in [-0.3, -0.25) is 4.79 Å². The number of imidazole rings is 1. The Morgan fingerprint density at radius 1 is 1.19 bits per heavy atom. The van der Waals surface area contributed by atoms with Crippen LogP contribution in [0.25, 0.3) is 5.69 Å². The second kappa shape index (κ2) is 8.12. The zero-order valence-corrected chi connectivity index (χ0v) is 16.2. The van der Waals surface area contributed by atoms with Gasteiger partial charge < -0.3 is 9.47 Å². The van der Waals surface area contributed by atoms with Crippen molar-refractivity contribution < 1.29 is 0 Å².